The molecule has 0 radical (unpaired) electrons. The van der Waals surface area contributed by atoms with Crippen LogP contribution in [-0.2, 0) is 6.54 Å². The number of hydrogen-bond donors (Lipinski definition) is 1. The molecule has 0 unspecified atom stereocenters. The number of nitrogens with one attached hydrogen (secondary N) is 1. The third-order valence-electron chi connectivity index (χ3n) is 4.28. The quantitative estimate of drug-likeness (QED) is 0.833. The van der Waals surface area contributed by atoms with Crippen LogP contribution in [0.2, 0.25) is 0 Å². The van der Waals surface area contributed by atoms with Crippen molar-refractivity contribution in [2.45, 2.75) is 59.4 Å². The van der Waals surface area contributed by atoms with Crippen LogP contribution in [0.4, 0.5) is 0 Å². The van der Waals surface area contributed by atoms with Crippen molar-refractivity contribution >= 4 is 0 Å². The summed E-state index contributed by atoms with van der Waals surface area (Å²) in [6, 6.07) is 4.27. The fourth-order valence-electron chi connectivity index (χ4n) is 3.50. The maximum atomic E-state index is 4.46. The van der Waals surface area contributed by atoms with Crippen molar-refractivity contribution in [3.63, 3.8) is 0 Å². The fourth-order valence-corrected chi connectivity index (χ4v) is 3.50. The molecule has 106 valence electrons. The first-order chi connectivity index (χ1) is 9.10. The Balaban J connectivity index is 1.84. The monoisotopic (exact) mass is 260 g/mol. The van der Waals surface area contributed by atoms with Gasteiger partial charge in [-0.25, -0.2) is 0 Å². The fraction of sp³-hybridized carbons (Fsp3) is 0.706. The molecule has 19 heavy (non-hydrogen) atoms. The minimum atomic E-state index is 0.554. The number of nitrogens with zero attached hydrogens (tertiary/aromatic N) is 1. The molecule has 2 rings (SSSR count). The van der Waals surface area contributed by atoms with Crippen molar-refractivity contribution in [2.75, 3.05) is 6.54 Å². The first kappa shape index (κ1) is 14.5. The highest BCUT2D eigenvalue weighted by Gasteiger charge is 2.33. The Morgan fingerprint density at radius 1 is 1.26 bits per heavy atom. The molecule has 1 heterocycles. The predicted octanol–water partition coefficient (Wildman–Crippen LogP) is 4.09. The van der Waals surface area contributed by atoms with Crippen LogP contribution >= 0.6 is 0 Å². The molecule has 0 aliphatic heterocycles. The van der Waals surface area contributed by atoms with E-state index in [1.54, 1.807) is 0 Å². The van der Waals surface area contributed by atoms with E-state index in [9.17, 15) is 0 Å². The lowest BCUT2D eigenvalue weighted by atomic mass is 9.78. The highest BCUT2D eigenvalue weighted by Crippen LogP contribution is 2.42. The van der Waals surface area contributed by atoms with Crippen LogP contribution in [0, 0.1) is 18.3 Å². The van der Waals surface area contributed by atoms with Gasteiger partial charge in [-0.3, -0.25) is 4.98 Å². The molecule has 0 atom stereocenters. The van der Waals surface area contributed by atoms with Crippen molar-refractivity contribution in [3.8, 4) is 0 Å². The normalized spacial score (nSPS) is 18.1. The third-order valence-corrected chi connectivity index (χ3v) is 4.28. The second kappa shape index (κ2) is 6.51. The third kappa shape index (κ3) is 4.31. The van der Waals surface area contributed by atoms with Gasteiger partial charge in [0.15, 0.2) is 0 Å². The van der Waals surface area contributed by atoms with Gasteiger partial charge in [0.25, 0.3) is 0 Å². The molecular weight excluding hydrogens is 232 g/mol. The van der Waals surface area contributed by atoms with Gasteiger partial charge in [-0.2, -0.15) is 0 Å². The summed E-state index contributed by atoms with van der Waals surface area (Å²) in [5.74, 6) is 0.803. The Morgan fingerprint density at radius 3 is 2.58 bits per heavy atom. The van der Waals surface area contributed by atoms with Crippen molar-refractivity contribution in [1.29, 1.82) is 0 Å². The van der Waals surface area contributed by atoms with Crippen LogP contribution in [0.1, 0.15) is 57.2 Å². The first-order valence-electron chi connectivity index (χ1n) is 7.72. The van der Waals surface area contributed by atoms with Crippen LogP contribution in [0.25, 0.3) is 0 Å². The molecule has 1 fully saturated rings. The molecule has 0 bridgehead atoms. The Bertz CT molecular complexity index is 375. The van der Waals surface area contributed by atoms with Gasteiger partial charge in [-0.15, -0.1) is 0 Å². The minimum Gasteiger partial charge on any atom is -0.311 e. The van der Waals surface area contributed by atoms with E-state index in [2.05, 4.69) is 43.2 Å². The van der Waals surface area contributed by atoms with E-state index in [4.69, 9.17) is 0 Å². The van der Waals surface area contributed by atoms with Gasteiger partial charge in [0.1, 0.15) is 0 Å². The number of aryl methyl sites for hydroxylation is 1. The molecule has 1 N–H and O–H groups in total. The molecule has 0 aromatic carbocycles. The average molecular weight is 260 g/mol. The topological polar surface area (TPSA) is 24.9 Å². The van der Waals surface area contributed by atoms with Crippen molar-refractivity contribution < 1.29 is 0 Å². The van der Waals surface area contributed by atoms with E-state index < -0.39 is 0 Å². The summed E-state index contributed by atoms with van der Waals surface area (Å²) in [6.07, 6.45) is 8.95. The molecule has 1 saturated carbocycles. The van der Waals surface area contributed by atoms with Crippen LogP contribution in [0.15, 0.2) is 18.3 Å². The molecule has 0 amide bonds. The highest BCUT2D eigenvalue weighted by atomic mass is 14.9. The van der Waals surface area contributed by atoms with Gasteiger partial charge in [0.2, 0.25) is 0 Å². The standard InChI is InChI=1S/C17H28N2/c1-14(2)10-17(8-4-5-9-17)13-18-12-16-7-6-15(3)11-19-16/h6-7,11,14,18H,4-5,8-10,12-13H2,1-3H3. The van der Waals surface area contributed by atoms with E-state index in [1.807, 2.05) is 6.20 Å². The molecule has 0 spiro atoms. The van der Waals surface area contributed by atoms with E-state index in [0.29, 0.717) is 5.41 Å². The summed E-state index contributed by atoms with van der Waals surface area (Å²) in [7, 11) is 0. The maximum absolute atomic E-state index is 4.46. The average Bonchev–Trinajstić information content (AvgIpc) is 2.79. The number of hydrogen-bond acceptors (Lipinski definition) is 2. The van der Waals surface area contributed by atoms with Crippen molar-refractivity contribution in [3.05, 3.63) is 29.6 Å². The zero-order valence-electron chi connectivity index (χ0n) is 12.7. The summed E-state index contributed by atoms with van der Waals surface area (Å²) in [5.41, 5.74) is 2.94. The second-order valence-electron chi connectivity index (χ2n) is 6.74. The number of pyridine rings is 1. The van der Waals surface area contributed by atoms with E-state index in [-0.39, 0.29) is 0 Å². The van der Waals surface area contributed by atoms with E-state index >= 15 is 0 Å². The smallest absolute Gasteiger partial charge is 0.0541 e. The Morgan fingerprint density at radius 2 is 2.00 bits per heavy atom. The Hall–Kier alpha value is -0.890. The van der Waals surface area contributed by atoms with Crippen LogP contribution in [-0.4, -0.2) is 11.5 Å². The molecule has 0 saturated heterocycles. The molecule has 2 heteroatoms. The molecule has 2 nitrogen and oxygen atoms in total. The molecular formula is C17H28N2. The zero-order valence-corrected chi connectivity index (χ0v) is 12.7. The largest absolute Gasteiger partial charge is 0.311 e. The minimum absolute atomic E-state index is 0.554. The Labute approximate surface area is 118 Å². The van der Waals surface area contributed by atoms with Gasteiger partial charge in [0, 0.05) is 19.3 Å². The summed E-state index contributed by atoms with van der Waals surface area (Å²) >= 11 is 0. The lowest BCUT2D eigenvalue weighted by molar-refractivity contribution is 0.223. The summed E-state index contributed by atoms with van der Waals surface area (Å²) in [4.78, 5) is 4.46. The van der Waals surface area contributed by atoms with E-state index in [1.165, 1.54) is 37.7 Å². The lowest BCUT2D eigenvalue weighted by Crippen LogP contribution is -2.33. The zero-order chi connectivity index (χ0) is 13.7. The molecule has 1 aromatic rings. The molecule has 1 aliphatic carbocycles. The SMILES string of the molecule is Cc1ccc(CNCC2(CC(C)C)CCCC2)nc1. The maximum Gasteiger partial charge on any atom is 0.0541 e. The molecule has 1 aliphatic rings. The lowest BCUT2D eigenvalue weighted by Gasteiger charge is -2.31. The van der Waals surface area contributed by atoms with Gasteiger partial charge in [-0.1, -0.05) is 32.8 Å². The number of rotatable bonds is 6. The number of aromatic nitrogens is 1. The second-order valence-corrected chi connectivity index (χ2v) is 6.74. The highest BCUT2D eigenvalue weighted by molar-refractivity contribution is 5.12. The Kier molecular flexibility index (Phi) is 4.98. The van der Waals surface area contributed by atoms with E-state index in [0.717, 1.165) is 24.7 Å². The predicted molar refractivity (Wildman–Crippen MR) is 81.0 cm³/mol. The summed E-state index contributed by atoms with van der Waals surface area (Å²) in [5, 5.41) is 3.65. The first-order valence-corrected chi connectivity index (χ1v) is 7.72. The van der Waals surface area contributed by atoms with Crippen LogP contribution in [0.5, 0.6) is 0 Å². The van der Waals surface area contributed by atoms with Crippen molar-refractivity contribution in [2.24, 2.45) is 11.3 Å². The van der Waals surface area contributed by atoms with Gasteiger partial charge < -0.3 is 5.32 Å². The van der Waals surface area contributed by atoms with Gasteiger partial charge in [-0.05, 0) is 49.1 Å². The van der Waals surface area contributed by atoms with Gasteiger partial charge in [0.05, 0.1) is 5.69 Å². The molecule has 1 aromatic heterocycles. The summed E-state index contributed by atoms with van der Waals surface area (Å²) < 4.78 is 0. The van der Waals surface area contributed by atoms with Crippen LogP contribution in [0.3, 0.4) is 0 Å². The summed E-state index contributed by atoms with van der Waals surface area (Å²) in [6.45, 7) is 8.84. The van der Waals surface area contributed by atoms with Gasteiger partial charge >= 0.3 is 0 Å². The van der Waals surface area contributed by atoms with Crippen LogP contribution < -0.4 is 5.32 Å². The van der Waals surface area contributed by atoms with Crippen molar-refractivity contribution in [1.82, 2.24) is 10.3 Å².